The van der Waals surface area contributed by atoms with Crippen LogP contribution in [-0.2, 0) is 11.3 Å². The average molecular weight is 390 g/mol. The van der Waals surface area contributed by atoms with Crippen molar-refractivity contribution < 1.29 is 14.1 Å². The van der Waals surface area contributed by atoms with Crippen molar-refractivity contribution in [1.82, 2.24) is 14.8 Å². The fourth-order valence-electron chi connectivity index (χ4n) is 3.70. The fourth-order valence-corrected chi connectivity index (χ4v) is 3.70. The van der Waals surface area contributed by atoms with Crippen LogP contribution in [0.1, 0.15) is 39.0 Å². The molecule has 1 aliphatic heterocycles. The lowest BCUT2D eigenvalue weighted by molar-refractivity contribution is -0.384. The van der Waals surface area contributed by atoms with Gasteiger partial charge in [-0.05, 0) is 38.3 Å². The SMILES string of the molecule is CCCN1CCC(NC(=O)CCCn2c(=O)oc3cc([N+](=O)[O-])ccc32)CC1. The number of nitrogens with one attached hydrogen (secondary N) is 1. The van der Waals surface area contributed by atoms with Crippen molar-refractivity contribution in [1.29, 1.82) is 0 Å². The molecule has 0 saturated carbocycles. The number of fused-ring (bicyclic) bond motifs is 1. The molecule has 0 unspecified atom stereocenters. The number of likely N-dealkylation sites (tertiary alicyclic amines) is 1. The van der Waals surface area contributed by atoms with Crippen molar-refractivity contribution in [3.63, 3.8) is 0 Å². The molecule has 1 fully saturated rings. The smallest absolute Gasteiger partial charge is 0.407 e. The highest BCUT2D eigenvalue weighted by Gasteiger charge is 2.20. The van der Waals surface area contributed by atoms with Gasteiger partial charge in [-0.2, -0.15) is 0 Å². The van der Waals surface area contributed by atoms with Crippen LogP contribution in [-0.4, -0.2) is 46.0 Å². The van der Waals surface area contributed by atoms with Gasteiger partial charge in [0.1, 0.15) is 0 Å². The summed E-state index contributed by atoms with van der Waals surface area (Å²) in [4.78, 5) is 36.9. The molecule has 9 nitrogen and oxygen atoms in total. The Balaban J connectivity index is 1.50. The Bertz CT molecular complexity index is 895. The van der Waals surface area contributed by atoms with Gasteiger partial charge < -0.3 is 14.6 Å². The molecule has 1 N–H and O–H groups in total. The maximum Gasteiger partial charge on any atom is 0.419 e. The van der Waals surface area contributed by atoms with E-state index in [0.29, 0.717) is 24.9 Å². The molecule has 28 heavy (non-hydrogen) atoms. The Hall–Kier alpha value is -2.68. The van der Waals surface area contributed by atoms with E-state index in [1.165, 1.54) is 22.8 Å². The molecule has 9 heteroatoms. The van der Waals surface area contributed by atoms with Crippen molar-refractivity contribution in [3.8, 4) is 0 Å². The van der Waals surface area contributed by atoms with Gasteiger partial charge in [-0.3, -0.25) is 19.5 Å². The van der Waals surface area contributed by atoms with Gasteiger partial charge in [-0.1, -0.05) is 6.92 Å². The van der Waals surface area contributed by atoms with Crippen LogP contribution in [0.5, 0.6) is 0 Å². The van der Waals surface area contributed by atoms with E-state index >= 15 is 0 Å². The minimum absolute atomic E-state index is 0.00886. The second kappa shape index (κ2) is 9.01. The summed E-state index contributed by atoms with van der Waals surface area (Å²) in [6, 6.07) is 4.30. The van der Waals surface area contributed by atoms with Gasteiger partial charge in [-0.25, -0.2) is 4.79 Å². The summed E-state index contributed by atoms with van der Waals surface area (Å²) in [6.07, 6.45) is 3.90. The van der Waals surface area contributed by atoms with Crippen LogP contribution >= 0.6 is 0 Å². The molecule has 1 saturated heterocycles. The summed E-state index contributed by atoms with van der Waals surface area (Å²) in [5.41, 5.74) is 0.555. The number of oxazole rings is 1. The summed E-state index contributed by atoms with van der Waals surface area (Å²) < 4.78 is 6.51. The van der Waals surface area contributed by atoms with Gasteiger partial charge in [0, 0.05) is 38.2 Å². The number of amides is 1. The van der Waals surface area contributed by atoms with Gasteiger partial charge >= 0.3 is 5.76 Å². The molecule has 0 radical (unpaired) electrons. The highest BCUT2D eigenvalue weighted by Crippen LogP contribution is 2.20. The Morgan fingerprint density at radius 3 is 2.75 bits per heavy atom. The number of aromatic nitrogens is 1. The molecule has 2 heterocycles. The number of carbonyl (C=O) groups excluding carboxylic acids is 1. The maximum absolute atomic E-state index is 12.2. The van der Waals surface area contributed by atoms with Crippen molar-refractivity contribution in [2.45, 2.75) is 51.6 Å². The van der Waals surface area contributed by atoms with Crippen LogP contribution in [0.3, 0.4) is 0 Å². The van der Waals surface area contributed by atoms with Gasteiger partial charge in [0.2, 0.25) is 5.91 Å². The third-order valence-electron chi connectivity index (χ3n) is 5.14. The summed E-state index contributed by atoms with van der Waals surface area (Å²) in [6.45, 7) is 5.63. The van der Waals surface area contributed by atoms with Crippen LogP contribution in [0.2, 0.25) is 0 Å². The summed E-state index contributed by atoms with van der Waals surface area (Å²) in [5.74, 6) is -0.579. The molecule has 3 rings (SSSR count). The zero-order valence-electron chi connectivity index (χ0n) is 16.1. The topological polar surface area (TPSA) is 111 Å². The molecular formula is C19H26N4O5. The largest absolute Gasteiger partial charge is 0.419 e. The zero-order chi connectivity index (χ0) is 20.1. The number of piperidine rings is 1. The summed E-state index contributed by atoms with van der Waals surface area (Å²) in [7, 11) is 0. The Labute approximate surface area is 162 Å². The van der Waals surface area contributed by atoms with E-state index in [9.17, 15) is 19.7 Å². The van der Waals surface area contributed by atoms with Gasteiger partial charge in [0.15, 0.2) is 5.58 Å². The number of benzene rings is 1. The first-order valence-corrected chi connectivity index (χ1v) is 9.77. The van der Waals surface area contributed by atoms with Gasteiger partial charge in [-0.15, -0.1) is 0 Å². The number of rotatable bonds is 8. The Kier molecular flexibility index (Phi) is 6.45. The Morgan fingerprint density at radius 1 is 1.32 bits per heavy atom. The second-order valence-electron chi connectivity index (χ2n) is 7.22. The lowest BCUT2D eigenvalue weighted by Crippen LogP contribution is -2.44. The Morgan fingerprint density at radius 2 is 2.07 bits per heavy atom. The van der Waals surface area contributed by atoms with Crippen molar-refractivity contribution in [3.05, 3.63) is 38.9 Å². The van der Waals surface area contributed by atoms with Crippen LogP contribution in [0.15, 0.2) is 27.4 Å². The summed E-state index contributed by atoms with van der Waals surface area (Å²) >= 11 is 0. The van der Waals surface area contributed by atoms with E-state index in [1.54, 1.807) is 0 Å². The van der Waals surface area contributed by atoms with E-state index < -0.39 is 10.7 Å². The standard InChI is InChI=1S/C19H26N4O5/c1-2-9-21-11-7-14(8-12-21)20-18(24)4-3-10-22-16-6-5-15(23(26)27)13-17(16)28-19(22)25/h5-6,13-14H,2-4,7-12H2,1H3,(H,20,24). The normalized spacial score (nSPS) is 15.8. The molecule has 1 aromatic heterocycles. The van der Waals surface area contributed by atoms with E-state index in [2.05, 4.69) is 17.1 Å². The lowest BCUT2D eigenvalue weighted by Gasteiger charge is -2.32. The lowest BCUT2D eigenvalue weighted by atomic mass is 10.0. The van der Waals surface area contributed by atoms with Crippen LogP contribution in [0.25, 0.3) is 11.1 Å². The monoisotopic (exact) mass is 390 g/mol. The maximum atomic E-state index is 12.2. The average Bonchev–Trinajstić information content (AvgIpc) is 2.98. The molecule has 152 valence electrons. The van der Waals surface area contributed by atoms with Crippen molar-refractivity contribution >= 4 is 22.7 Å². The summed E-state index contributed by atoms with van der Waals surface area (Å²) in [5, 5.41) is 13.9. The minimum atomic E-state index is -0.570. The van der Waals surface area contributed by atoms with Crippen LogP contribution in [0, 0.1) is 10.1 Å². The number of nitro benzene ring substituents is 1. The van der Waals surface area contributed by atoms with Crippen LogP contribution < -0.4 is 11.1 Å². The number of hydrogen-bond donors (Lipinski definition) is 1. The van der Waals surface area contributed by atoms with E-state index in [1.807, 2.05) is 0 Å². The zero-order valence-corrected chi connectivity index (χ0v) is 16.1. The molecule has 1 aromatic carbocycles. The van der Waals surface area contributed by atoms with E-state index in [0.717, 1.165) is 38.9 Å². The predicted molar refractivity (Wildman–Crippen MR) is 104 cm³/mol. The fraction of sp³-hybridized carbons (Fsp3) is 0.579. The molecule has 0 spiro atoms. The first-order chi connectivity index (χ1) is 13.5. The third kappa shape index (κ3) is 4.78. The quantitative estimate of drug-likeness (QED) is 0.547. The number of aryl methyl sites for hydroxylation is 1. The number of nitrogens with zero attached hydrogens (tertiary/aromatic N) is 3. The minimum Gasteiger partial charge on any atom is -0.407 e. The third-order valence-corrected chi connectivity index (χ3v) is 5.14. The number of non-ortho nitro benzene ring substituents is 1. The molecular weight excluding hydrogens is 364 g/mol. The predicted octanol–water partition coefficient (Wildman–Crippen LogP) is 2.27. The molecule has 1 amide bonds. The second-order valence-corrected chi connectivity index (χ2v) is 7.22. The van der Waals surface area contributed by atoms with Crippen molar-refractivity contribution in [2.24, 2.45) is 0 Å². The number of hydrogen-bond acceptors (Lipinski definition) is 6. The molecule has 0 bridgehead atoms. The van der Waals surface area contributed by atoms with E-state index in [-0.39, 0.29) is 23.2 Å². The van der Waals surface area contributed by atoms with Gasteiger partial charge in [0.25, 0.3) is 5.69 Å². The first kappa shape index (κ1) is 20.1. The van der Waals surface area contributed by atoms with Crippen molar-refractivity contribution in [2.75, 3.05) is 19.6 Å². The van der Waals surface area contributed by atoms with E-state index in [4.69, 9.17) is 4.42 Å². The van der Waals surface area contributed by atoms with Gasteiger partial charge in [0.05, 0.1) is 16.5 Å². The molecule has 2 aromatic rings. The van der Waals surface area contributed by atoms with Crippen LogP contribution in [0.4, 0.5) is 5.69 Å². The highest BCUT2D eigenvalue weighted by molar-refractivity contribution is 5.77. The highest BCUT2D eigenvalue weighted by atomic mass is 16.6. The number of carbonyl (C=O) groups is 1. The molecule has 1 aliphatic rings. The number of nitro groups is 1. The molecule has 0 atom stereocenters. The molecule has 0 aliphatic carbocycles. The first-order valence-electron chi connectivity index (χ1n) is 9.77.